The van der Waals surface area contributed by atoms with Gasteiger partial charge in [-0.1, -0.05) is 6.07 Å². The fourth-order valence-corrected chi connectivity index (χ4v) is 3.90. The van der Waals surface area contributed by atoms with Crippen LogP contribution in [0.25, 0.3) is 5.65 Å². The maximum absolute atomic E-state index is 5.76. The van der Waals surface area contributed by atoms with Gasteiger partial charge in [0, 0.05) is 69.4 Å². The molecule has 0 N–H and O–H groups in total. The van der Waals surface area contributed by atoms with Crippen molar-refractivity contribution in [2.75, 3.05) is 26.3 Å². The van der Waals surface area contributed by atoms with Crippen LogP contribution in [0, 0.1) is 5.92 Å². The molecule has 0 unspecified atom stereocenters. The van der Waals surface area contributed by atoms with E-state index in [1.165, 1.54) is 11.3 Å². The number of hydrogen-bond acceptors (Lipinski definition) is 4. The largest absolute Gasteiger partial charge is 0.381 e. The van der Waals surface area contributed by atoms with Crippen molar-refractivity contribution in [2.45, 2.75) is 19.4 Å². The molecule has 132 valence electrons. The molecule has 0 amide bonds. The van der Waals surface area contributed by atoms with Crippen LogP contribution in [0.15, 0.2) is 43.0 Å². The Bertz CT molecular complexity index is 839. The summed E-state index contributed by atoms with van der Waals surface area (Å²) < 4.78 is 9.83. The molecule has 1 saturated heterocycles. The van der Waals surface area contributed by atoms with Gasteiger partial charge < -0.3 is 9.14 Å². The average Bonchev–Trinajstić information content (AvgIpc) is 3.32. The normalized spacial score (nSPS) is 21.4. The molecule has 0 aliphatic carbocycles. The van der Waals surface area contributed by atoms with Crippen LogP contribution in [-0.2, 0) is 18.3 Å². The molecule has 6 nitrogen and oxygen atoms in total. The Balaban J connectivity index is 1.53. The number of nitrogens with zero attached hydrogens (tertiary/aromatic N) is 5. The second-order valence-electron chi connectivity index (χ2n) is 6.84. The summed E-state index contributed by atoms with van der Waals surface area (Å²) in [6.07, 6.45) is 8.05. The second kappa shape index (κ2) is 6.98. The highest BCUT2D eigenvalue weighted by atomic mass is 16.5. The fourth-order valence-electron chi connectivity index (χ4n) is 3.90. The molecule has 0 aromatic carbocycles. The van der Waals surface area contributed by atoms with Crippen molar-refractivity contribution in [3.8, 4) is 0 Å². The Morgan fingerprint density at radius 1 is 1.28 bits per heavy atom. The first-order valence-corrected chi connectivity index (χ1v) is 8.94. The lowest BCUT2D eigenvalue weighted by Gasteiger charge is -2.17. The summed E-state index contributed by atoms with van der Waals surface area (Å²) in [4.78, 5) is 6.91. The molecule has 4 rings (SSSR count). The summed E-state index contributed by atoms with van der Waals surface area (Å²) in [6, 6.07) is 6.32. The third kappa shape index (κ3) is 3.32. The van der Waals surface area contributed by atoms with Crippen molar-refractivity contribution in [3.63, 3.8) is 0 Å². The van der Waals surface area contributed by atoms with Gasteiger partial charge in [-0.3, -0.25) is 9.58 Å². The second-order valence-corrected chi connectivity index (χ2v) is 6.84. The minimum absolute atomic E-state index is 0.474. The lowest BCUT2D eigenvalue weighted by molar-refractivity contribution is 0.107. The van der Waals surface area contributed by atoms with Gasteiger partial charge in [0.15, 0.2) is 0 Å². The number of rotatable bonds is 6. The molecule has 2 atom stereocenters. The highest BCUT2D eigenvalue weighted by Crippen LogP contribution is 2.33. The van der Waals surface area contributed by atoms with Crippen LogP contribution in [0.2, 0.25) is 0 Å². The van der Waals surface area contributed by atoms with E-state index in [9.17, 15) is 0 Å². The van der Waals surface area contributed by atoms with E-state index in [-0.39, 0.29) is 0 Å². The molecule has 25 heavy (non-hydrogen) atoms. The molecule has 3 aromatic heterocycles. The van der Waals surface area contributed by atoms with Gasteiger partial charge in [0.1, 0.15) is 5.65 Å². The monoisotopic (exact) mass is 339 g/mol. The Morgan fingerprint density at radius 3 is 3.00 bits per heavy atom. The number of ether oxygens (including phenoxy) is 1. The first-order chi connectivity index (χ1) is 12.2. The highest BCUT2D eigenvalue weighted by Gasteiger charge is 2.34. The first kappa shape index (κ1) is 16.3. The Labute approximate surface area is 148 Å². The van der Waals surface area contributed by atoms with Crippen LogP contribution in [0.4, 0.5) is 0 Å². The lowest BCUT2D eigenvalue weighted by atomic mass is 9.92. The van der Waals surface area contributed by atoms with E-state index in [0.29, 0.717) is 11.8 Å². The SMILES string of the molecule is CCOC[C@@H]1CN(Cc2cccc3nccn23)C[C@H]1c1cnn(C)c1. The van der Waals surface area contributed by atoms with E-state index >= 15 is 0 Å². The molecule has 4 heterocycles. The van der Waals surface area contributed by atoms with E-state index in [0.717, 1.165) is 38.5 Å². The van der Waals surface area contributed by atoms with Crippen molar-refractivity contribution < 1.29 is 4.74 Å². The van der Waals surface area contributed by atoms with Crippen molar-refractivity contribution in [1.82, 2.24) is 24.1 Å². The van der Waals surface area contributed by atoms with E-state index in [2.05, 4.69) is 44.6 Å². The predicted octanol–water partition coefficient (Wildman–Crippen LogP) is 2.32. The smallest absolute Gasteiger partial charge is 0.136 e. The summed E-state index contributed by atoms with van der Waals surface area (Å²) in [7, 11) is 1.98. The van der Waals surface area contributed by atoms with Crippen LogP contribution in [-0.4, -0.2) is 50.4 Å². The van der Waals surface area contributed by atoms with Gasteiger partial charge >= 0.3 is 0 Å². The number of fused-ring (bicyclic) bond motifs is 1. The van der Waals surface area contributed by atoms with E-state index in [1.54, 1.807) is 0 Å². The van der Waals surface area contributed by atoms with Crippen molar-refractivity contribution in [2.24, 2.45) is 13.0 Å². The van der Waals surface area contributed by atoms with Crippen LogP contribution >= 0.6 is 0 Å². The number of pyridine rings is 1. The molecule has 0 bridgehead atoms. The van der Waals surface area contributed by atoms with Gasteiger partial charge in [-0.25, -0.2) is 4.98 Å². The number of aromatic nitrogens is 4. The third-order valence-corrected chi connectivity index (χ3v) is 5.10. The minimum atomic E-state index is 0.474. The summed E-state index contributed by atoms with van der Waals surface area (Å²) in [6.45, 7) is 6.64. The number of hydrogen-bond donors (Lipinski definition) is 0. The van der Waals surface area contributed by atoms with Gasteiger partial charge in [-0.15, -0.1) is 0 Å². The van der Waals surface area contributed by atoms with E-state index in [1.807, 2.05) is 36.4 Å². The maximum atomic E-state index is 5.76. The predicted molar refractivity (Wildman–Crippen MR) is 96.4 cm³/mol. The molecule has 1 aliphatic rings. The van der Waals surface area contributed by atoms with Crippen LogP contribution in [0.1, 0.15) is 24.1 Å². The van der Waals surface area contributed by atoms with Crippen LogP contribution in [0.3, 0.4) is 0 Å². The number of imidazole rings is 1. The van der Waals surface area contributed by atoms with Gasteiger partial charge in [0.25, 0.3) is 0 Å². The van der Waals surface area contributed by atoms with E-state index in [4.69, 9.17) is 4.74 Å². The summed E-state index contributed by atoms with van der Waals surface area (Å²) >= 11 is 0. The summed E-state index contributed by atoms with van der Waals surface area (Å²) in [5.41, 5.74) is 3.60. The molecule has 0 radical (unpaired) electrons. The molecular formula is C19H25N5O. The molecule has 1 aliphatic heterocycles. The van der Waals surface area contributed by atoms with Gasteiger partial charge in [0.2, 0.25) is 0 Å². The van der Waals surface area contributed by atoms with Crippen LogP contribution in [0.5, 0.6) is 0 Å². The van der Waals surface area contributed by atoms with Crippen molar-refractivity contribution in [1.29, 1.82) is 0 Å². The Kier molecular flexibility index (Phi) is 4.55. The Morgan fingerprint density at radius 2 is 2.20 bits per heavy atom. The van der Waals surface area contributed by atoms with Crippen molar-refractivity contribution >= 4 is 5.65 Å². The zero-order chi connectivity index (χ0) is 17.2. The molecular weight excluding hydrogens is 314 g/mol. The maximum Gasteiger partial charge on any atom is 0.136 e. The van der Waals surface area contributed by atoms with E-state index < -0.39 is 0 Å². The fraction of sp³-hybridized carbons (Fsp3) is 0.474. The molecule has 0 spiro atoms. The third-order valence-electron chi connectivity index (χ3n) is 5.10. The Hall–Kier alpha value is -2.18. The minimum Gasteiger partial charge on any atom is -0.381 e. The van der Waals surface area contributed by atoms with Crippen molar-refractivity contribution in [3.05, 3.63) is 54.2 Å². The highest BCUT2D eigenvalue weighted by molar-refractivity contribution is 5.39. The molecule has 6 heteroatoms. The standard InChI is InChI=1S/C19H25N5O/c1-3-25-14-16-11-23(13-18(16)15-9-21-22(2)10-15)12-17-5-4-6-19-20-7-8-24(17)19/h4-10,16,18H,3,11-14H2,1-2H3/t16-,18-/m0/s1. The summed E-state index contributed by atoms with van der Waals surface area (Å²) in [5.74, 6) is 0.980. The zero-order valence-corrected chi connectivity index (χ0v) is 14.9. The van der Waals surface area contributed by atoms with Gasteiger partial charge in [-0.2, -0.15) is 5.10 Å². The molecule has 3 aromatic rings. The average molecular weight is 339 g/mol. The number of likely N-dealkylation sites (tertiary alicyclic amines) is 1. The topological polar surface area (TPSA) is 47.6 Å². The van der Waals surface area contributed by atoms with Gasteiger partial charge in [-0.05, 0) is 24.6 Å². The van der Waals surface area contributed by atoms with Crippen LogP contribution < -0.4 is 0 Å². The number of aryl methyl sites for hydroxylation is 1. The zero-order valence-electron chi connectivity index (χ0n) is 14.9. The lowest BCUT2D eigenvalue weighted by Crippen LogP contribution is -2.22. The molecule has 1 fully saturated rings. The molecule has 0 saturated carbocycles. The quantitative estimate of drug-likeness (QED) is 0.691. The van der Waals surface area contributed by atoms with Gasteiger partial charge in [0.05, 0.1) is 12.8 Å². The first-order valence-electron chi connectivity index (χ1n) is 8.94. The summed E-state index contributed by atoms with van der Waals surface area (Å²) in [5, 5.41) is 4.36.